The Morgan fingerprint density at radius 3 is 2.06 bits per heavy atom. The lowest BCUT2D eigenvalue weighted by Crippen LogP contribution is -2.61. The second kappa shape index (κ2) is 12.2. The van der Waals surface area contributed by atoms with E-state index in [0.29, 0.717) is 0 Å². The van der Waals surface area contributed by atoms with Crippen molar-refractivity contribution in [3.05, 3.63) is 47.5 Å². The van der Waals surface area contributed by atoms with E-state index in [4.69, 9.17) is 5.21 Å². The van der Waals surface area contributed by atoms with Gasteiger partial charge in [-0.05, 0) is 36.4 Å². The average Bonchev–Trinajstić information content (AvgIpc) is 2.75. The summed E-state index contributed by atoms with van der Waals surface area (Å²) >= 11 is 0. The molecule has 190 valence electrons. The molecule has 0 saturated heterocycles. The zero-order valence-corrected chi connectivity index (χ0v) is 22.5. The van der Waals surface area contributed by atoms with E-state index >= 15 is 0 Å². The molecular weight excluding hydrogens is 428 g/mol. The Kier molecular flexibility index (Phi) is 10.5. The lowest BCUT2D eigenvalue weighted by molar-refractivity contribution is -0.140. The van der Waals surface area contributed by atoms with E-state index in [2.05, 4.69) is 15.8 Å². The lowest BCUT2D eigenvalue weighted by Gasteiger charge is -2.40. The summed E-state index contributed by atoms with van der Waals surface area (Å²) in [7, 11) is 3.52. The summed E-state index contributed by atoms with van der Waals surface area (Å²) in [6, 6.07) is 8.39. The van der Waals surface area contributed by atoms with Gasteiger partial charge >= 0.3 is 0 Å². The van der Waals surface area contributed by atoms with E-state index in [1.165, 1.54) is 6.21 Å². The summed E-state index contributed by atoms with van der Waals surface area (Å²) in [5.41, 5.74) is 0.771. The molecule has 0 spiro atoms. The first-order valence-electron chi connectivity index (χ1n) is 11.8. The minimum atomic E-state index is -0.728. The number of carbonyl (C=O) groups excluding carboxylic acids is 2. The van der Waals surface area contributed by atoms with Crippen LogP contribution in [-0.4, -0.2) is 60.4 Å². The van der Waals surface area contributed by atoms with Crippen molar-refractivity contribution in [1.82, 2.24) is 15.5 Å². The van der Waals surface area contributed by atoms with Crippen LogP contribution in [0, 0.1) is 11.3 Å². The van der Waals surface area contributed by atoms with Crippen molar-refractivity contribution in [1.29, 1.82) is 0 Å². The fraction of sp³-hybridized carbons (Fsp3) is 0.593. The van der Waals surface area contributed by atoms with Crippen LogP contribution < -0.4 is 10.6 Å². The van der Waals surface area contributed by atoms with E-state index in [0.717, 1.165) is 11.1 Å². The van der Waals surface area contributed by atoms with E-state index in [1.54, 1.807) is 19.0 Å². The van der Waals surface area contributed by atoms with Gasteiger partial charge in [-0.15, -0.1) is 0 Å². The Bertz CT molecular complexity index is 870. The highest BCUT2D eigenvalue weighted by atomic mass is 16.4. The van der Waals surface area contributed by atoms with Crippen LogP contribution >= 0.6 is 0 Å². The second-order valence-electron chi connectivity index (χ2n) is 11.0. The molecule has 7 nitrogen and oxygen atoms in total. The number of hydrogen-bond donors (Lipinski definition) is 3. The molecule has 0 bridgehead atoms. The molecular formula is C27H44N4O3. The van der Waals surface area contributed by atoms with Crippen molar-refractivity contribution in [2.24, 2.45) is 16.5 Å². The van der Waals surface area contributed by atoms with Crippen LogP contribution in [0.5, 0.6) is 0 Å². The molecule has 1 rings (SSSR count). The van der Waals surface area contributed by atoms with Crippen LogP contribution in [-0.2, 0) is 15.0 Å². The third-order valence-corrected chi connectivity index (χ3v) is 6.36. The number of likely N-dealkylation sites (N-methyl/N-ethyl adjacent to an activating group) is 2. The monoisotopic (exact) mass is 472 g/mol. The van der Waals surface area contributed by atoms with Crippen LogP contribution in [0.3, 0.4) is 0 Å². The van der Waals surface area contributed by atoms with Gasteiger partial charge in [0.1, 0.15) is 6.04 Å². The Balaban J connectivity index is 3.27. The number of hydrogen-bond acceptors (Lipinski definition) is 5. The molecule has 1 aromatic carbocycles. The number of nitrogens with one attached hydrogen (secondary N) is 2. The van der Waals surface area contributed by atoms with Crippen LogP contribution in [0.1, 0.15) is 61.0 Å². The minimum absolute atomic E-state index is 0.120. The Labute approximate surface area is 205 Å². The summed E-state index contributed by atoms with van der Waals surface area (Å²) in [4.78, 5) is 28.9. The molecule has 0 heterocycles. The fourth-order valence-corrected chi connectivity index (χ4v) is 4.23. The molecule has 0 radical (unpaired) electrons. The topological polar surface area (TPSA) is 94.0 Å². The predicted molar refractivity (Wildman–Crippen MR) is 139 cm³/mol. The molecule has 3 N–H and O–H groups in total. The smallest absolute Gasteiger partial charge is 0.245 e. The summed E-state index contributed by atoms with van der Waals surface area (Å²) in [6.07, 6.45) is 3.25. The lowest BCUT2D eigenvalue weighted by atomic mass is 9.76. The van der Waals surface area contributed by atoms with Gasteiger partial charge in [0.05, 0.1) is 18.3 Å². The Morgan fingerprint density at radius 1 is 1.06 bits per heavy atom. The van der Waals surface area contributed by atoms with Gasteiger partial charge in [-0.25, -0.2) is 0 Å². The van der Waals surface area contributed by atoms with Crippen LogP contribution in [0.4, 0.5) is 0 Å². The first-order chi connectivity index (χ1) is 15.7. The molecule has 0 saturated carbocycles. The standard InChI is InChI=1S/C27H44N4O3/c1-18(2)21(16-19(3)17-29-34)31(10)25(33)23(26(4,5)6)30-24(32)22(28-9)27(7,8)20-14-12-11-13-15-20/h11-18,21-23,28,34H,1-10H3,(H,30,32)/b19-16+,29-17+/t21-,22-,23?/m1/s1. The predicted octanol–water partition coefficient (Wildman–Crippen LogP) is 3.97. The van der Waals surface area contributed by atoms with Crippen molar-refractivity contribution in [3.63, 3.8) is 0 Å². The minimum Gasteiger partial charge on any atom is -0.411 e. The maximum Gasteiger partial charge on any atom is 0.245 e. The van der Waals surface area contributed by atoms with Gasteiger partial charge in [0.25, 0.3) is 0 Å². The summed E-state index contributed by atoms with van der Waals surface area (Å²) < 4.78 is 0. The van der Waals surface area contributed by atoms with Crippen LogP contribution in [0.2, 0.25) is 0 Å². The molecule has 1 aromatic rings. The van der Waals surface area contributed by atoms with E-state index < -0.39 is 22.9 Å². The van der Waals surface area contributed by atoms with Gasteiger partial charge < -0.3 is 20.7 Å². The van der Waals surface area contributed by atoms with Gasteiger partial charge in [0.15, 0.2) is 0 Å². The number of benzene rings is 1. The molecule has 0 aliphatic carbocycles. The normalized spacial score (nSPS) is 15.8. The number of nitrogens with zero attached hydrogens (tertiary/aromatic N) is 2. The highest BCUT2D eigenvalue weighted by Crippen LogP contribution is 2.29. The zero-order valence-electron chi connectivity index (χ0n) is 22.5. The highest BCUT2D eigenvalue weighted by Gasteiger charge is 2.41. The summed E-state index contributed by atoms with van der Waals surface area (Å²) in [5.74, 6) is -0.274. The van der Waals surface area contributed by atoms with Crippen molar-refractivity contribution >= 4 is 18.0 Å². The fourth-order valence-electron chi connectivity index (χ4n) is 4.23. The Hall–Kier alpha value is -2.67. The van der Waals surface area contributed by atoms with Crippen LogP contribution in [0.15, 0.2) is 47.1 Å². The van der Waals surface area contributed by atoms with Gasteiger partial charge in [0.2, 0.25) is 11.8 Å². The van der Waals surface area contributed by atoms with Gasteiger partial charge in [-0.1, -0.05) is 90.0 Å². The number of rotatable bonds is 10. The molecule has 2 amide bonds. The number of carbonyl (C=O) groups is 2. The van der Waals surface area contributed by atoms with Crippen molar-refractivity contribution in [2.75, 3.05) is 14.1 Å². The van der Waals surface area contributed by atoms with Gasteiger partial charge in [-0.3, -0.25) is 9.59 Å². The molecule has 0 aliphatic heterocycles. The molecule has 7 heteroatoms. The molecule has 0 aliphatic rings. The number of oxime groups is 1. The number of amides is 2. The molecule has 1 unspecified atom stereocenters. The van der Waals surface area contributed by atoms with E-state index in [9.17, 15) is 9.59 Å². The van der Waals surface area contributed by atoms with Gasteiger partial charge in [-0.2, -0.15) is 0 Å². The second-order valence-corrected chi connectivity index (χ2v) is 11.0. The summed E-state index contributed by atoms with van der Waals surface area (Å²) in [6.45, 7) is 15.8. The van der Waals surface area contributed by atoms with E-state index in [1.807, 2.05) is 91.8 Å². The largest absolute Gasteiger partial charge is 0.411 e. The molecule has 0 fully saturated rings. The third-order valence-electron chi connectivity index (χ3n) is 6.36. The molecule has 34 heavy (non-hydrogen) atoms. The quantitative estimate of drug-likeness (QED) is 0.273. The van der Waals surface area contributed by atoms with Gasteiger partial charge in [0, 0.05) is 12.5 Å². The molecule has 0 aromatic heterocycles. The first kappa shape index (κ1) is 29.4. The Morgan fingerprint density at radius 2 is 1.62 bits per heavy atom. The maximum atomic E-state index is 13.7. The molecule has 3 atom stereocenters. The number of allylic oxidation sites excluding steroid dienone is 1. The highest BCUT2D eigenvalue weighted by molar-refractivity contribution is 5.91. The summed E-state index contributed by atoms with van der Waals surface area (Å²) in [5, 5.41) is 18.1. The SMILES string of the molecule is CN[C@H](C(=O)NC(C(=O)N(C)[C@H](/C=C(C)/C=N/O)C(C)C)C(C)(C)C)C(C)(C)c1ccccc1. The third kappa shape index (κ3) is 7.42. The average molecular weight is 473 g/mol. The van der Waals surface area contributed by atoms with E-state index in [-0.39, 0.29) is 23.8 Å². The van der Waals surface area contributed by atoms with Crippen LogP contribution in [0.25, 0.3) is 0 Å². The van der Waals surface area contributed by atoms with Crippen molar-refractivity contribution < 1.29 is 14.8 Å². The van der Waals surface area contributed by atoms with Crippen molar-refractivity contribution in [2.45, 2.75) is 78.9 Å². The first-order valence-corrected chi connectivity index (χ1v) is 11.8. The van der Waals surface area contributed by atoms with Crippen molar-refractivity contribution in [3.8, 4) is 0 Å². The maximum absolute atomic E-state index is 13.7. The zero-order chi connectivity index (χ0) is 26.3.